The van der Waals surface area contributed by atoms with Crippen LogP contribution in [0.25, 0.3) is 44.5 Å². The summed E-state index contributed by atoms with van der Waals surface area (Å²) >= 11 is 0. The molecule has 4 aliphatic carbocycles. The highest BCUT2D eigenvalue weighted by molar-refractivity contribution is 5.95. The second-order valence-corrected chi connectivity index (χ2v) is 18.7. The minimum atomic E-state index is -0.376. The van der Waals surface area contributed by atoms with E-state index in [4.69, 9.17) is 0 Å². The molecule has 0 aromatic heterocycles. The van der Waals surface area contributed by atoms with Crippen LogP contribution in [0.4, 0.5) is 0 Å². The van der Waals surface area contributed by atoms with E-state index in [1.807, 2.05) is 0 Å². The van der Waals surface area contributed by atoms with E-state index in [9.17, 15) is 0 Å². The summed E-state index contributed by atoms with van der Waals surface area (Å²) in [5.41, 5.74) is 26.5. The molecule has 1 unspecified atom stereocenters. The largest absolute Gasteiger partial charge is 0.0728 e. The summed E-state index contributed by atoms with van der Waals surface area (Å²) in [7, 11) is 0. The molecular weight excluding hydrogens is 709 g/mol. The first-order valence-electron chi connectivity index (χ1n) is 21.7. The van der Waals surface area contributed by atoms with Crippen molar-refractivity contribution in [2.75, 3.05) is 0 Å². The van der Waals surface area contributed by atoms with Crippen LogP contribution in [0, 0.1) is 0 Å². The molecule has 0 saturated carbocycles. The molecule has 284 valence electrons. The van der Waals surface area contributed by atoms with Gasteiger partial charge in [0.25, 0.3) is 0 Å². The van der Waals surface area contributed by atoms with Crippen LogP contribution >= 0.6 is 0 Å². The first kappa shape index (κ1) is 34.8. The fourth-order valence-corrected chi connectivity index (χ4v) is 12.3. The van der Waals surface area contributed by atoms with E-state index < -0.39 is 0 Å². The molecule has 1 spiro atoms. The molecule has 8 aromatic rings. The minimum absolute atomic E-state index is 0.0161. The lowest BCUT2D eigenvalue weighted by molar-refractivity contribution is 0.603. The third-order valence-electron chi connectivity index (χ3n) is 15.0. The number of hydrogen-bond donors (Lipinski definition) is 0. The highest BCUT2D eigenvalue weighted by Crippen LogP contribution is 2.64. The van der Waals surface area contributed by atoms with Gasteiger partial charge in [-0.05, 0) is 131 Å². The summed E-state index contributed by atoms with van der Waals surface area (Å²) < 4.78 is 0. The predicted octanol–water partition coefficient (Wildman–Crippen LogP) is 14.6. The average molecular weight is 757 g/mol. The van der Waals surface area contributed by atoms with Crippen molar-refractivity contribution < 1.29 is 0 Å². The van der Waals surface area contributed by atoms with Crippen molar-refractivity contribution in [2.24, 2.45) is 0 Å². The Kier molecular flexibility index (Phi) is 7.30. The zero-order valence-electron chi connectivity index (χ0n) is 34.4. The molecule has 0 N–H and O–H groups in total. The van der Waals surface area contributed by atoms with Crippen LogP contribution < -0.4 is 0 Å². The summed E-state index contributed by atoms with van der Waals surface area (Å²) in [6.07, 6.45) is 3.05. The molecule has 4 aliphatic rings. The molecule has 0 radical (unpaired) electrons. The molecule has 8 aromatic carbocycles. The second kappa shape index (κ2) is 12.4. The number of aryl methyl sites for hydroxylation is 1. The standard InChI is InChI=1S/C59H48/c1-57(2)49-23-10-5-16-41(49)46-32-29-37(35-54(46)57)28-31-39(34-38-30-33-47-42-17-6-11-24-50(42)58(3,4)55(47)36-38)40-21-15-22-48-45-20-9-14-27-53(45)59(56(40)48)51-25-12-7-18-43(51)44-19-8-13-26-52(44)59/h5-27,29-30,32-33,35-36,39H,28,31,34H2,1-4H3. The van der Waals surface area contributed by atoms with Crippen molar-refractivity contribution >= 4 is 0 Å². The van der Waals surface area contributed by atoms with E-state index in [0.29, 0.717) is 5.92 Å². The molecule has 0 heteroatoms. The molecule has 0 aliphatic heterocycles. The lowest BCUT2D eigenvalue weighted by Gasteiger charge is -2.34. The van der Waals surface area contributed by atoms with Gasteiger partial charge in [-0.25, -0.2) is 0 Å². The second-order valence-electron chi connectivity index (χ2n) is 18.7. The molecule has 0 amide bonds. The molecular formula is C59H48. The van der Waals surface area contributed by atoms with Crippen molar-refractivity contribution in [1.29, 1.82) is 0 Å². The molecule has 0 bridgehead atoms. The highest BCUT2D eigenvalue weighted by atomic mass is 14.5. The van der Waals surface area contributed by atoms with E-state index in [1.54, 1.807) is 0 Å². The maximum Gasteiger partial charge on any atom is 0.0728 e. The molecule has 0 nitrogen and oxygen atoms in total. The summed E-state index contributed by atoms with van der Waals surface area (Å²) in [5, 5.41) is 0. The molecule has 59 heavy (non-hydrogen) atoms. The van der Waals surface area contributed by atoms with Crippen molar-refractivity contribution in [3.05, 3.63) is 237 Å². The summed E-state index contributed by atoms with van der Waals surface area (Å²) in [5.74, 6) is 0.291. The van der Waals surface area contributed by atoms with E-state index in [1.165, 1.54) is 106 Å². The van der Waals surface area contributed by atoms with Crippen LogP contribution in [-0.4, -0.2) is 0 Å². The summed E-state index contributed by atoms with van der Waals surface area (Å²) in [6, 6.07) is 67.8. The van der Waals surface area contributed by atoms with Gasteiger partial charge in [0.2, 0.25) is 0 Å². The SMILES string of the molecule is CC1(C)c2ccccc2-c2ccc(CCC(Cc3ccc4c(c3)C(C)(C)c3ccccc3-4)c3cccc4c3C3(c5ccccc5-c5ccccc53)c3ccccc3-4)cc21. The van der Waals surface area contributed by atoms with E-state index in [0.717, 1.165) is 19.3 Å². The van der Waals surface area contributed by atoms with E-state index in [-0.39, 0.29) is 16.2 Å². The predicted molar refractivity (Wildman–Crippen MR) is 246 cm³/mol. The number of fused-ring (bicyclic) bond motifs is 16. The van der Waals surface area contributed by atoms with Gasteiger partial charge in [-0.2, -0.15) is 0 Å². The van der Waals surface area contributed by atoms with Gasteiger partial charge in [0, 0.05) is 10.8 Å². The van der Waals surface area contributed by atoms with Crippen LogP contribution in [0.3, 0.4) is 0 Å². The van der Waals surface area contributed by atoms with Gasteiger partial charge in [-0.15, -0.1) is 0 Å². The molecule has 0 saturated heterocycles. The number of benzene rings is 8. The fourth-order valence-electron chi connectivity index (χ4n) is 12.3. The zero-order chi connectivity index (χ0) is 39.7. The first-order valence-corrected chi connectivity index (χ1v) is 21.7. The molecule has 0 heterocycles. The third-order valence-corrected chi connectivity index (χ3v) is 15.0. The Labute approximate surface area is 349 Å². The van der Waals surface area contributed by atoms with Gasteiger partial charge in [0.05, 0.1) is 5.41 Å². The number of hydrogen-bond acceptors (Lipinski definition) is 0. The average Bonchev–Trinajstić information content (AvgIpc) is 3.90. The van der Waals surface area contributed by atoms with Crippen molar-refractivity contribution in [3.63, 3.8) is 0 Å². The Hall–Kier alpha value is -6.24. The van der Waals surface area contributed by atoms with Gasteiger partial charge < -0.3 is 0 Å². The maximum absolute atomic E-state index is 2.56. The summed E-state index contributed by atoms with van der Waals surface area (Å²) in [4.78, 5) is 0. The smallest absolute Gasteiger partial charge is 0.0619 e. The first-order chi connectivity index (χ1) is 28.8. The maximum atomic E-state index is 2.56. The highest BCUT2D eigenvalue weighted by Gasteiger charge is 2.53. The molecule has 12 rings (SSSR count). The number of rotatable bonds is 6. The van der Waals surface area contributed by atoms with Gasteiger partial charge in [-0.1, -0.05) is 204 Å². The van der Waals surface area contributed by atoms with Crippen LogP contribution in [0.15, 0.2) is 176 Å². The van der Waals surface area contributed by atoms with Crippen molar-refractivity contribution in [3.8, 4) is 44.5 Å². The monoisotopic (exact) mass is 756 g/mol. The Balaban J connectivity index is 1.03. The van der Waals surface area contributed by atoms with Crippen molar-refractivity contribution in [1.82, 2.24) is 0 Å². The molecule has 0 fully saturated rings. The normalized spacial score (nSPS) is 16.3. The van der Waals surface area contributed by atoms with Crippen LogP contribution in [0.5, 0.6) is 0 Å². The Morgan fingerprint density at radius 2 is 0.746 bits per heavy atom. The van der Waals surface area contributed by atoms with Crippen LogP contribution in [0.1, 0.15) is 101 Å². The Morgan fingerprint density at radius 3 is 1.27 bits per heavy atom. The van der Waals surface area contributed by atoms with Gasteiger partial charge in [-0.3, -0.25) is 0 Å². The van der Waals surface area contributed by atoms with E-state index >= 15 is 0 Å². The minimum Gasteiger partial charge on any atom is -0.0619 e. The zero-order valence-corrected chi connectivity index (χ0v) is 34.4. The van der Waals surface area contributed by atoms with Gasteiger partial charge in [0.15, 0.2) is 0 Å². The topological polar surface area (TPSA) is 0 Å². The van der Waals surface area contributed by atoms with Gasteiger partial charge in [0.1, 0.15) is 0 Å². The van der Waals surface area contributed by atoms with Crippen molar-refractivity contribution in [2.45, 2.75) is 69.1 Å². The quantitative estimate of drug-likeness (QED) is 0.158. The third kappa shape index (κ3) is 4.66. The Morgan fingerprint density at radius 1 is 0.356 bits per heavy atom. The molecule has 1 atom stereocenters. The lowest BCUT2D eigenvalue weighted by Crippen LogP contribution is -2.28. The Bertz CT molecular complexity index is 2980. The lowest BCUT2D eigenvalue weighted by atomic mass is 9.67. The van der Waals surface area contributed by atoms with Crippen LogP contribution in [0.2, 0.25) is 0 Å². The van der Waals surface area contributed by atoms with Gasteiger partial charge >= 0.3 is 0 Å². The van der Waals surface area contributed by atoms with Crippen LogP contribution in [-0.2, 0) is 29.1 Å². The van der Waals surface area contributed by atoms with E-state index in [2.05, 4.69) is 204 Å². The fraction of sp³-hybridized carbons (Fsp3) is 0.186. The summed E-state index contributed by atoms with van der Waals surface area (Å²) in [6.45, 7) is 9.62.